The predicted octanol–water partition coefficient (Wildman–Crippen LogP) is 6.04. The van der Waals surface area contributed by atoms with Gasteiger partial charge in [-0.2, -0.15) is 0 Å². The second-order valence-corrected chi connectivity index (χ2v) is 8.70. The molecule has 0 amide bonds. The van der Waals surface area contributed by atoms with Crippen molar-refractivity contribution in [2.24, 2.45) is 5.73 Å². The van der Waals surface area contributed by atoms with Crippen molar-refractivity contribution < 1.29 is 4.39 Å². The Balaban J connectivity index is 0.00000225. The maximum atomic E-state index is 12.5. The smallest absolute Gasteiger partial charge is 0.131 e. The van der Waals surface area contributed by atoms with Gasteiger partial charge in [0.05, 0.1) is 27.1 Å². The number of hydrogen-bond donors (Lipinski definition) is 2. The van der Waals surface area contributed by atoms with Crippen molar-refractivity contribution in [1.29, 1.82) is 0 Å². The molecule has 0 aliphatic carbocycles. The number of thiophene rings is 2. The molecule has 3 aromatic rings. The van der Waals surface area contributed by atoms with E-state index in [1.807, 2.05) is 12.1 Å². The second-order valence-electron chi connectivity index (χ2n) is 5.38. The van der Waals surface area contributed by atoms with Crippen LogP contribution < -0.4 is 11.1 Å². The van der Waals surface area contributed by atoms with Crippen LogP contribution in [0.4, 0.5) is 10.1 Å². The molecule has 0 unspecified atom stereocenters. The highest BCUT2D eigenvalue weighted by molar-refractivity contribution is 9.10. The molecule has 0 saturated heterocycles. The summed E-state index contributed by atoms with van der Waals surface area (Å²) in [6, 6.07) is 5.76. The number of halogens is 4. The van der Waals surface area contributed by atoms with Crippen molar-refractivity contribution in [2.75, 3.05) is 12.0 Å². The Kier molecular flexibility index (Phi) is 7.91. The highest BCUT2D eigenvalue weighted by atomic mass is 79.9. The van der Waals surface area contributed by atoms with Crippen molar-refractivity contribution in [3.05, 3.63) is 43.0 Å². The first kappa shape index (κ1) is 20.9. The highest BCUT2D eigenvalue weighted by Gasteiger charge is 2.17. The van der Waals surface area contributed by atoms with E-state index < -0.39 is 6.67 Å². The van der Waals surface area contributed by atoms with Gasteiger partial charge in [-0.15, -0.1) is 35.1 Å². The molecule has 3 nitrogen and oxygen atoms in total. The van der Waals surface area contributed by atoms with E-state index in [0.29, 0.717) is 18.0 Å². The molecule has 0 aliphatic rings. The maximum absolute atomic E-state index is 12.5. The Labute approximate surface area is 173 Å². The van der Waals surface area contributed by atoms with Crippen LogP contribution in [-0.2, 0) is 13.0 Å². The van der Waals surface area contributed by atoms with E-state index in [9.17, 15) is 4.39 Å². The van der Waals surface area contributed by atoms with Crippen molar-refractivity contribution in [1.82, 2.24) is 4.98 Å². The zero-order valence-corrected chi connectivity index (χ0v) is 17.9. The normalized spacial score (nSPS) is 12.2. The molecule has 0 fully saturated rings. The summed E-state index contributed by atoms with van der Waals surface area (Å²) in [6.07, 6.45) is 0.978. The van der Waals surface area contributed by atoms with E-state index >= 15 is 0 Å². The van der Waals surface area contributed by atoms with Gasteiger partial charge in [-0.25, -0.2) is 4.98 Å². The first-order chi connectivity index (χ1) is 11.6. The molecular formula is C16H17BrCl2FN3S2. The number of pyridine rings is 1. The Morgan fingerprint density at radius 3 is 2.92 bits per heavy atom. The molecule has 9 heteroatoms. The summed E-state index contributed by atoms with van der Waals surface area (Å²) >= 11 is 13.1. The van der Waals surface area contributed by atoms with Crippen LogP contribution in [0.15, 0.2) is 28.1 Å². The van der Waals surface area contributed by atoms with E-state index in [1.165, 1.54) is 4.88 Å². The molecule has 25 heavy (non-hydrogen) atoms. The van der Waals surface area contributed by atoms with E-state index in [0.717, 1.165) is 31.8 Å². The molecule has 0 saturated carbocycles. The summed E-state index contributed by atoms with van der Waals surface area (Å²) in [7, 11) is 0. The van der Waals surface area contributed by atoms with E-state index in [4.69, 9.17) is 17.3 Å². The van der Waals surface area contributed by atoms with Crippen LogP contribution in [-0.4, -0.2) is 17.7 Å². The molecule has 3 rings (SSSR count). The Morgan fingerprint density at radius 2 is 2.24 bits per heavy atom. The van der Waals surface area contributed by atoms with Crippen molar-refractivity contribution in [2.45, 2.75) is 25.4 Å². The van der Waals surface area contributed by atoms with Gasteiger partial charge in [0.1, 0.15) is 5.15 Å². The van der Waals surface area contributed by atoms with Gasteiger partial charge in [0.2, 0.25) is 0 Å². The topological polar surface area (TPSA) is 50.9 Å². The van der Waals surface area contributed by atoms with Gasteiger partial charge in [-0.3, -0.25) is 4.39 Å². The van der Waals surface area contributed by atoms with Crippen LogP contribution in [0, 0.1) is 0 Å². The number of nitrogens with two attached hydrogens (primary N) is 1. The number of alkyl halides is 1. The minimum absolute atomic E-state index is 0. The van der Waals surface area contributed by atoms with Gasteiger partial charge in [0.25, 0.3) is 0 Å². The molecule has 0 bridgehead atoms. The molecular weight excluding hydrogens is 468 g/mol. The zero-order valence-electron chi connectivity index (χ0n) is 13.1. The highest BCUT2D eigenvalue weighted by Crippen LogP contribution is 2.40. The molecule has 0 aromatic carbocycles. The van der Waals surface area contributed by atoms with Crippen LogP contribution in [0.3, 0.4) is 0 Å². The number of nitrogens with zero attached hydrogens (tertiary/aromatic N) is 1. The number of anilines is 1. The SMILES string of the molecule is Cl.N[C@@H](CCF)Cc1sc2c(NCc3cccs3)cc(Cl)nc2c1Br. The summed E-state index contributed by atoms with van der Waals surface area (Å²) < 4.78 is 14.4. The third kappa shape index (κ3) is 5.05. The van der Waals surface area contributed by atoms with Crippen molar-refractivity contribution in [3.8, 4) is 0 Å². The molecule has 1 atom stereocenters. The number of hydrogen-bond acceptors (Lipinski definition) is 5. The zero-order chi connectivity index (χ0) is 17.1. The number of nitrogens with one attached hydrogen (secondary N) is 1. The van der Waals surface area contributed by atoms with Gasteiger partial charge in [-0.05, 0) is 40.2 Å². The van der Waals surface area contributed by atoms with E-state index in [-0.39, 0.29) is 18.4 Å². The fourth-order valence-corrected chi connectivity index (χ4v) is 5.27. The van der Waals surface area contributed by atoms with Gasteiger partial charge in [0, 0.05) is 28.4 Å². The summed E-state index contributed by atoms with van der Waals surface area (Å²) in [5, 5.41) is 5.93. The molecule has 3 heterocycles. The molecule has 136 valence electrons. The van der Waals surface area contributed by atoms with Gasteiger partial charge >= 0.3 is 0 Å². The standard InChI is InChI=1S/C16H16BrClFN3S2.ClH/c17-14-12(6-9(20)3-4-19)24-16-11(7-13(18)22-15(14)16)21-8-10-2-1-5-23-10;/h1-2,5,7,9H,3-4,6,8,20H2,(H,21,22);1H/t9-;/m0./s1. The minimum atomic E-state index is -0.401. The van der Waals surface area contributed by atoms with Crippen LogP contribution in [0.1, 0.15) is 16.2 Å². The Bertz CT molecular complexity index is 827. The number of aromatic nitrogens is 1. The first-order valence-electron chi connectivity index (χ1n) is 7.43. The fourth-order valence-electron chi connectivity index (χ4n) is 2.39. The second kappa shape index (κ2) is 9.48. The maximum Gasteiger partial charge on any atom is 0.131 e. The van der Waals surface area contributed by atoms with Crippen molar-refractivity contribution >= 4 is 78.5 Å². The molecule has 3 aromatic heterocycles. The van der Waals surface area contributed by atoms with Gasteiger partial charge in [0.15, 0.2) is 0 Å². The molecule has 0 radical (unpaired) electrons. The predicted molar refractivity (Wildman–Crippen MR) is 113 cm³/mol. The first-order valence-corrected chi connectivity index (χ1v) is 10.3. The third-order valence-electron chi connectivity index (χ3n) is 3.58. The lowest BCUT2D eigenvalue weighted by Crippen LogP contribution is -2.22. The summed E-state index contributed by atoms with van der Waals surface area (Å²) in [5.74, 6) is 0. The average Bonchev–Trinajstić information content (AvgIpc) is 3.15. The molecule has 0 aliphatic heterocycles. The van der Waals surface area contributed by atoms with Gasteiger partial charge < -0.3 is 11.1 Å². The minimum Gasteiger partial charge on any atom is -0.379 e. The lowest BCUT2D eigenvalue weighted by atomic mass is 10.1. The van der Waals surface area contributed by atoms with Crippen LogP contribution in [0.25, 0.3) is 10.2 Å². The Hall–Kier alpha value is -0.440. The molecule has 0 spiro atoms. The van der Waals surface area contributed by atoms with E-state index in [2.05, 4.69) is 37.7 Å². The van der Waals surface area contributed by atoms with E-state index in [1.54, 1.807) is 22.7 Å². The summed E-state index contributed by atoms with van der Waals surface area (Å²) in [5.41, 5.74) is 7.76. The summed E-state index contributed by atoms with van der Waals surface area (Å²) in [6.45, 7) is 0.334. The van der Waals surface area contributed by atoms with Crippen LogP contribution >= 0.6 is 62.6 Å². The number of rotatable bonds is 7. The lowest BCUT2D eigenvalue weighted by molar-refractivity contribution is 0.436. The fraction of sp³-hybridized carbons (Fsp3) is 0.312. The quantitative estimate of drug-likeness (QED) is 0.402. The van der Waals surface area contributed by atoms with Crippen molar-refractivity contribution in [3.63, 3.8) is 0 Å². The lowest BCUT2D eigenvalue weighted by Gasteiger charge is -2.07. The number of fused-ring (bicyclic) bond motifs is 1. The van der Waals surface area contributed by atoms with Crippen LogP contribution in [0.2, 0.25) is 5.15 Å². The largest absolute Gasteiger partial charge is 0.379 e. The Morgan fingerprint density at radius 1 is 1.44 bits per heavy atom. The van der Waals surface area contributed by atoms with Crippen LogP contribution in [0.5, 0.6) is 0 Å². The monoisotopic (exact) mass is 483 g/mol. The average molecular weight is 485 g/mol. The summed E-state index contributed by atoms with van der Waals surface area (Å²) in [4.78, 5) is 6.75. The van der Waals surface area contributed by atoms with Gasteiger partial charge in [-0.1, -0.05) is 17.7 Å². The third-order valence-corrected chi connectivity index (χ3v) is 7.00. The molecule has 3 N–H and O–H groups in total.